The highest BCUT2D eigenvalue weighted by Crippen LogP contribution is 1.87. The number of nitrogens with one attached hydrogen (secondary N) is 1. The van der Waals surface area contributed by atoms with Crippen LogP contribution in [0, 0.1) is 0 Å². The second-order valence-corrected chi connectivity index (χ2v) is 2.76. The summed E-state index contributed by atoms with van der Waals surface area (Å²) in [4.78, 5) is 0. The number of rotatable bonds is 6. The Hall–Kier alpha value is -0.0500. The van der Waals surface area contributed by atoms with Crippen molar-refractivity contribution in [2.45, 2.75) is 19.4 Å². The first-order valence-corrected chi connectivity index (χ1v) is 4.40. The highest BCUT2D eigenvalue weighted by molar-refractivity contribution is 6.18. The summed E-state index contributed by atoms with van der Waals surface area (Å²) in [7, 11) is 0. The number of hydrogen-bond acceptors (Lipinski definition) is 2. The number of aliphatic hydroxyl groups excluding tert-OH is 1. The van der Waals surface area contributed by atoms with Gasteiger partial charge in [0.15, 0.2) is 0 Å². The van der Waals surface area contributed by atoms with Gasteiger partial charge in [-0.05, 0) is 13.3 Å². The number of aliphatic hydroxyl groups is 1. The second-order valence-electron chi connectivity index (χ2n) is 2.45. The molecule has 0 saturated heterocycles. The van der Waals surface area contributed by atoms with Crippen molar-refractivity contribution in [2.24, 2.45) is 0 Å². The summed E-state index contributed by atoms with van der Waals surface area (Å²) >= 11 is 5.42. The van der Waals surface area contributed by atoms with Crippen LogP contribution < -0.4 is 5.32 Å². The quantitative estimate of drug-likeness (QED) is 0.471. The van der Waals surface area contributed by atoms with E-state index in [4.69, 9.17) is 16.7 Å². The molecule has 0 aliphatic heterocycles. The van der Waals surface area contributed by atoms with Crippen LogP contribution in [-0.2, 0) is 0 Å². The van der Waals surface area contributed by atoms with Crippen molar-refractivity contribution < 1.29 is 5.11 Å². The van der Waals surface area contributed by atoms with Crippen molar-refractivity contribution >= 4 is 11.6 Å². The average molecular weight is 178 g/mol. The van der Waals surface area contributed by atoms with Crippen molar-refractivity contribution in [3.05, 3.63) is 12.2 Å². The monoisotopic (exact) mass is 177 g/mol. The van der Waals surface area contributed by atoms with Gasteiger partial charge in [0.2, 0.25) is 0 Å². The van der Waals surface area contributed by atoms with Crippen molar-refractivity contribution in [3.63, 3.8) is 0 Å². The Labute approximate surface area is 73.3 Å². The van der Waals surface area contributed by atoms with Gasteiger partial charge in [-0.15, -0.1) is 11.6 Å². The Morgan fingerprint density at radius 2 is 2.27 bits per heavy atom. The summed E-state index contributed by atoms with van der Waals surface area (Å²) in [5.74, 6) is 0.566. The van der Waals surface area contributed by atoms with Gasteiger partial charge < -0.3 is 10.4 Å². The lowest BCUT2D eigenvalue weighted by molar-refractivity contribution is 0.270. The van der Waals surface area contributed by atoms with Gasteiger partial charge >= 0.3 is 0 Å². The van der Waals surface area contributed by atoms with Crippen LogP contribution in [0.15, 0.2) is 12.2 Å². The molecule has 0 rings (SSSR count). The SMILES string of the molecule is CC(CCO)NC/C=C/CCl. The normalized spacial score (nSPS) is 14.1. The van der Waals surface area contributed by atoms with E-state index in [9.17, 15) is 0 Å². The molecule has 3 heteroatoms. The molecule has 1 atom stereocenters. The van der Waals surface area contributed by atoms with Crippen molar-refractivity contribution in [1.29, 1.82) is 0 Å². The first-order chi connectivity index (χ1) is 5.31. The zero-order valence-electron chi connectivity index (χ0n) is 6.89. The van der Waals surface area contributed by atoms with E-state index in [2.05, 4.69) is 5.32 Å². The predicted molar refractivity (Wildman–Crippen MR) is 49.0 cm³/mol. The molecule has 0 aromatic carbocycles. The molecule has 0 heterocycles. The average Bonchev–Trinajstić information content (AvgIpc) is 1.99. The minimum absolute atomic E-state index is 0.243. The van der Waals surface area contributed by atoms with E-state index in [1.807, 2.05) is 19.1 Å². The molecule has 0 fully saturated rings. The number of allylic oxidation sites excluding steroid dienone is 1. The molecule has 1 unspecified atom stereocenters. The molecule has 11 heavy (non-hydrogen) atoms. The molecule has 0 saturated carbocycles. The Bertz CT molecular complexity index is 106. The molecule has 0 aromatic heterocycles. The number of alkyl halides is 1. The fourth-order valence-electron chi connectivity index (χ4n) is 0.711. The lowest BCUT2D eigenvalue weighted by Crippen LogP contribution is -2.26. The smallest absolute Gasteiger partial charge is 0.0445 e. The molecule has 0 radical (unpaired) electrons. The summed E-state index contributed by atoms with van der Waals surface area (Å²) in [5, 5.41) is 11.8. The molecule has 0 spiro atoms. The minimum Gasteiger partial charge on any atom is -0.396 e. The molecule has 0 aliphatic rings. The lowest BCUT2D eigenvalue weighted by Gasteiger charge is -2.09. The highest BCUT2D eigenvalue weighted by Gasteiger charge is 1.95. The van der Waals surface area contributed by atoms with Crippen LogP contribution in [-0.4, -0.2) is 30.2 Å². The molecule has 2 nitrogen and oxygen atoms in total. The fraction of sp³-hybridized carbons (Fsp3) is 0.750. The van der Waals surface area contributed by atoms with Gasteiger partial charge in [0.1, 0.15) is 0 Å². The van der Waals surface area contributed by atoms with Crippen LogP contribution >= 0.6 is 11.6 Å². The molecular formula is C8H16ClNO. The molecular weight excluding hydrogens is 162 g/mol. The van der Waals surface area contributed by atoms with Crippen molar-refractivity contribution in [1.82, 2.24) is 5.32 Å². The minimum atomic E-state index is 0.243. The van der Waals surface area contributed by atoms with Crippen LogP contribution in [0.4, 0.5) is 0 Å². The predicted octanol–water partition coefficient (Wildman–Crippen LogP) is 1.14. The third-order valence-electron chi connectivity index (χ3n) is 1.40. The fourth-order valence-corrected chi connectivity index (χ4v) is 0.837. The van der Waals surface area contributed by atoms with Crippen LogP contribution in [0.25, 0.3) is 0 Å². The van der Waals surface area contributed by atoms with E-state index in [0.29, 0.717) is 11.9 Å². The molecule has 0 aromatic rings. The Kier molecular flexibility index (Phi) is 8.01. The van der Waals surface area contributed by atoms with Crippen LogP contribution in [0.3, 0.4) is 0 Å². The van der Waals surface area contributed by atoms with Crippen LogP contribution in [0.2, 0.25) is 0 Å². The molecule has 0 amide bonds. The number of hydrogen-bond donors (Lipinski definition) is 2. The molecule has 2 N–H and O–H groups in total. The van der Waals surface area contributed by atoms with E-state index >= 15 is 0 Å². The lowest BCUT2D eigenvalue weighted by atomic mass is 10.2. The third-order valence-corrected chi connectivity index (χ3v) is 1.58. The summed E-state index contributed by atoms with van der Waals surface area (Å²) in [6.45, 7) is 3.12. The van der Waals surface area contributed by atoms with Gasteiger partial charge in [-0.3, -0.25) is 0 Å². The summed E-state index contributed by atoms with van der Waals surface area (Å²) in [6, 6.07) is 0.375. The van der Waals surface area contributed by atoms with E-state index in [-0.39, 0.29) is 6.61 Å². The highest BCUT2D eigenvalue weighted by atomic mass is 35.5. The van der Waals surface area contributed by atoms with E-state index in [1.165, 1.54) is 0 Å². The standard InChI is InChI=1S/C8H16ClNO/c1-8(4-7-11)10-6-3-2-5-9/h2-3,8,10-11H,4-7H2,1H3/b3-2+. The zero-order chi connectivity index (χ0) is 8.53. The van der Waals surface area contributed by atoms with Crippen LogP contribution in [0.1, 0.15) is 13.3 Å². The van der Waals surface area contributed by atoms with Gasteiger partial charge in [0.25, 0.3) is 0 Å². The summed E-state index contributed by atoms with van der Waals surface area (Å²) in [6.07, 6.45) is 4.69. The van der Waals surface area contributed by atoms with Crippen molar-refractivity contribution in [2.75, 3.05) is 19.0 Å². The molecule has 66 valence electrons. The van der Waals surface area contributed by atoms with Gasteiger partial charge in [-0.2, -0.15) is 0 Å². The summed E-state index contributed by atoms with van der Waals surface area (Å²) < 4.78 is 0. The first-order valence-electron chi connectivity index (χ1n) is 3.86. The van der Waals surface area contributed by atoms with Crippen LogP contribution in [0.5, 0.6) is 0 Å². The molecule has 0 bridgehead atoms. The van der Waals surface area contributed by atoms with E-state index in [1.54, 1.807) is 0 Å². The maximum absolute atomic E-state index is 8.56. The first kappa shape index (κ1) is 11.0. The summed E-state index contributed by atoms with van der Waals surface area (Å²) in [5.41, 5.74) is 0. The van der Waals surface area contributed by atoms with E-state index < -0.39 is 0 Å². The topological polar surface area (TPSA) is 32.3 Å². The second kappa shape index (κ2) is 8.05. The zero-order valence-corrected chi connectivity index (χ0v) is 7.64. The Balaban J connectivity index is 3.16. The van der Waals surface area contributed by atoms with Gasteiger partial charge in [0.05, 0.1) is 0 Å². The Morgan fingerprint density at radius 1 is 1.55 bits per heavy atom. The van der Waals surface area contributed by atoms with Gasteiger partial charge in [-0.1, -0.05) is 12.2 Å². The third kappa shape index (κ3) is 7.85. The maximum Gasteiger partial charge on any atom is 0.0445 e. The van der Waals surface area contributed by atoms with Gasteiger partial charge in [0, 0.05) is 25.1 Å². The Morgan fingerprint density at radius 3 is 2.82 bits per heavy atom. The van der Waals surface area contributed by atoms with Gasteiger partial charge in [-0.25, -0.2) is 0 Å². The maximum atomic E-state index is 8.56. The van der Waals surface area contributed by atoms with Crippen molar-refractivity contribution in [3.8, 4) is 0 Å². The van der Waals surface area contributed by atoms with E-state index in [0.717, 1.165) is 13.0 Å². The number of halogens is 1. The largest absolute Gasteiger partial charge is 0.396 e. The molecule has 0 aliphatic carbocycles.